The molecule has 1 saturated carbocycles. The number of nitrogens with one attached hydrogen (secondary N) is 1. The first-order valence-electron chi connectivity index (χ1n) is 6.42. The minimum Gasteiger partial charge on any atom is -0.330 e. The first kappa shape index (κ1) is 10.3. The molecule has 1 fully saturated rings. The van der Waals surface area contributed by atoms with Gasteiger partial charge in [-0.05, 0) is 49.1 Å². The highest BCUT2D eigenvalue weighted by molar-refractivity contribution is 5.37. The smallest absolute Gasteiger partial charge is 0.0696 e. The number of nitrogens with zero attached hydrogens (tertiary/aromatic N) is 1. The highest BCUT2D eigenvalue weighted by atomic mass is 15.1. The maximum atomic E-state index is 5.84. The first-order valence-corrected chi connectivity index (χ1v) is 6.42. The molecule has 0 saturated heterocycles. The van der Waals surface area contributed by atoms with Gasteiger partial charge >= 0.3 is 0 Å². The molecule has 2 atom stereocenters. The molecule has 0 spiro atoms. The minimum absolute atomic E-state index is 0.356. The Kier molecular flexibility index (Phi) is 2.15. The fourth-order valence-corrected chi connectivity index (χ4v) is 3.49. The van der Waals surface area contributed by atoms with Crippen LogP contribution in [-0.2, 0) is 12.8 Å². The summed E-state index contributed by atoms with van der Waals surface area (Å²) in [6.45, 7) is 5.43. The van der Waals surface area contributed by atoms with Crippen molar-refractivity contribution in [1.82, 2.24) is 10.2 Å². The number of rotatable bonds is 2. The largest absolute Gasteiger partial charge is 0.330 e. The van der Waals surface area contributed by atoms with E-state index in [4.69, 9.17) is 5.73 Å². The van der Waals surface area contributed by atoms with E-state index < -0.39 is 0 Å². The van der Waals surface area contributed by atoms with Crippen molar-refractivity contribution in [3.05, 3.63) is 17.0 Å². The third-order valence-corrected chi connectivity index (χ3v) is 4.69. The molecule has 2 aliphatic rings. The number of hydrogen-bond acceptors (Lipinski definition) is 2. The number of nitrogens with two attached hydrogens (primary N) is 1. The Morgan fingerprint density at radius 2 is 2.12 bits per heavy atom. The lowest BCUT2D eigenvalue weighted by molar-refractivity contribution is 0.556. The molecule has 2 aliphatic carbocycles. The van der Waals surface area contributed by atoms with Crippen LogP contribution in [0.4, 0.5) is 0 Å². The standard InChI is InChI=1S/C13H21N3/c1-13(2)9(7-14)11(13)12-8-5-3-4-6-10(8)15-16-12/h9,11H,3-7,14H2,1-2H3,(H,15,16)/t9-,11+/m0/s1. The summed E-state index contributed by atoms with van der Waals surface area (Å²) in [6, 6.07) is 0. The molecular weight excluding hydrogens is 198 g/mol. The van der Waals surface area contributed by atoms with Gasteiger partial charge in [-0.15, -0.1) is 0 Å². The number of aromatic amines is 1. The number of aromatic nitrogens is 2. The van der Waals surface area contributed by atoms with Crippen molar-refractivity contribution in [3.63, 3.8) is 0 Å². The average molecular weight is 219 g/mol. The van der Waals surface area contributed by atoms with Crippen LogP contribution in [0.1, 0.15) is 49.6 Å². The Morgan fingerprint density at radius 1 is 1.38 bits per heavy atom. The van der Waals surface area contributed by atoms with E-state index in [0.29, 0.717) is 17.3 Å². The van der Waals surface area contributed by atoms with E-state index in [9.17, 15) is 0 Å². The molecule has 3 nitrogen and oxygen atoms in total. The molecule has 1 aromatic heterocycles. The Balaban J connectivity index is 1.94. The van der Waals surface area contributed by atoms with Gasteiger partial charge in [-0.1, -0.05) is 13.8 Å². The summed E-state index contributed by atoms with van der Waals surface area (Å²) in [5.74, 6) is 1.22. The van der Waals surface area contributed by atoms with E-state index in [1.807, 2.05) is 0 Å². The highest BCUT2D eigenvalue weighted by Gasteiger charge is 2.59. The topological polar surface area (TPSA) is 54.7 Å². The monoisotopic (exact) mass is 219 g/mol. The van der Waals surface area contributed by atoms with Crippen LogP contribution >= 0.6 is 0 Å². The third-order valence-electron chi connectivity index (χ3n) is 4.69. The zero-order valence-corrected chi connectivity index (χ0v) is 10.2. The Labute approximate surface area is 96.8 Å². The van der Waals surface area contributed by atoms with Crippen molar-refractivity contribution in [3.8, 4) is 0 Å². The summed E-state index contributed by atoms with van der Waals surface area (Å²) in [7, 11) is 0. The fraction of sp³-hybridized carbons (Fsp3) is 0.769. The van der Waals surface area contributed by atoms with Gasteiger partial charge in [0.15, 0.2) is 0 Å². The maximum Gasteiger partial charge on any atom is 0.0696 e. The summed E-state index contributed by atoms with van der Waals surface area (Å²) >= 11 is 0. The van der Waals surface area contributed by atoms with E-state index in [1.165, 1.54) is 42.6 Å². The van der Waals surface area contributed by atoms with Gasteiger partial charge in [-0.25, -0.2) is 0 Å². The lowest BCUT2D eigenvalue weighted by atomic mass is 9.93. The summed E-state index contributed by atoms with van der Waals surface area (Å²) in [4.78, 5) is 0. The van der Waals surface area contributed by atoms with Crippen LogP contribution in [0.15, 0.2) is 0 Å². The van der Waals surface area contributed by atoms with E-state index in [0.717, 1.165) is 6.54 Å². The molecule has 16 heavy (non-hydrogen) atoms. The summed E-state index contributed by atoms with van der Waals surface area (Å²) in [5.41, 5.74) is 10.4. The number of H-pyrrole nitrogens is 1. The van der Waals surface area contributed by atoms with Crippen molar-refractivity contribution < 1.29 is 0 Å². The van der Waals surface area contributed by atoms with Gasteiger partial charge in [0.2, 0.25) is 0 Å². The molecule has 88 valence electrons. The molecule has 0 unspecified atom stereocenters. The summed E-state index contributed by atoms with van der Waals surface area (Å²) < 4.78 is 0. The van der Waals surface area contributed by atoms with Crippen LogP contribution in [-0.4, -0.2) is 16.7 Å². The van der Waals surface area contributed by atoms with Crippen molar-refractivity contribution in [2.75, 3.05) is 6.54 Å². The molecule has 1 heterocycles. The summed E-state index contributed by atoms with van der Waals surface area (Å²) in [6.07, 6.45) is 5.02. The second kappa shape index (κ2) is 3.33. The lowest BCUT2D eigenvalue weighted by Crippen LogP contribution is -2.05. The molecule has 3 rings (SSSR count). The average Bonchev–Trinajstić information content (AvgIpc) is 2.66. The second-order valence-corrected chi connectivity index (χ2v) is 5.91. The van der Waals surface area contributed by atoms with Gasteiger partial charge in [0.1, 0.15) is 0 Å². The predicted molar refractivity (Wildman–Crippen MR) is 64.3 cm³/mol. The van der Waals surface area contributed by atoms with Crippen LogP contribution in [0.25, 0.3) is 0 Å². The van der Waals surface area contributed by atoms with Crippen molar-refractivity contribution >= 4 is 0 Å². The van der Waals surface area contributed by atoms with Crippen LogP contribution in [0.5, 0.6) is 0 Å². The normalized spacial score (nSPS) is 31.2. The van der Waals surface area contributed by atoms with Crippen molar-refractivity contribution in [2.24, 2.45) is 17.1 Å². The Morgan fingerprint density at radius 3 is 2.81 bits per heavy atom. The molecule has 0 radical (unpaired) electrons. The number of aryl methyl sites for hydroxylation is 1. The van der Waals surface area contributed by atoms with Gasteiger partial charge in [-0.3, -0.25) is 5.10 Å². The van der Waals surface area contributed by atoms with Gasteiger partial charge in [0.05, 0.1) is 5.69 Å². The Bertz CT molecular complexity index is 405. The molecule has 0 aliphatic heterocycles. The van der Waals surface area contributed by atoms with Crippen LogP contribution < -0.4 is 5.73 Å². The zero-order valence-electron chi connectivity index (χ0n) is 10.2. The van der Waals surface area contributed by atoms with E-state index >= 15 is 0 Å². The third kappa shape index (κ3) is 1.27. The molecule has 0 bridgehead atoms. The SMILES string of the molecule is CC1(C)[C@@H](CN)[C@@H]1c1n[nH]c2c1CCCC2. The molecule has 1 aromatic rings. The minimum atomic E-state index is 0.356. The van der Waals surface area contributed by atoms with Gasteiger partial charge in [0, 0.05) is 11.6 Å². The predicted octanol–water partition coefficient (Wildman–Crippen LogP) is 1.99. The fourth-order valence-electron chi connectivity index (χ4n) is 3.49. The van der Waals surface area contributed by atoms with E-state index in [1.54, 1.807) is 0 Å². The zero-order chi connectivity index (χ0) is 11.3. The van der Waals surface area contributed by atoms with Gasteiger partial charge < -0.3 is 5.73 Å². The van der Waals surface area contributed by atoms with Crippen molar-refractivity contribution in [1.29, 1.82) is 0 Å². The number of hydrogen-bond donors (Lipinski definition) is 2. The highest BCUT2D eigenvalue weighted by Crippen LogP contribution is 2.64. The molecule has 3 N–H and O–H groups in total. The van der Waals surface area contributed by atoms with Crippen LogP contribution in [0, 0.1) is 11.3 Å². The molecular formula is C13H21N3. The van der Waals surface area contributed by atoms with Gasteiger partial charge in [0.25, 0.3) is 0 Å². The van der Waals surface area contributed by atoms with Gasteiger partial charge in [-0.2, -0.15) is 5.10 Å². The molecule has 3 heteroatoms. The summed E-state index contributed by atoms with van der Waals surface area (Å²) in [5, 5.41) is 7.81. The van der Waals surface area contributed by atoms with Crippen LogP contribution in [0.3, 0.4) is 0 Å². The molecule has 0 aromatic carbocycles. The quantitative estimate of drug-likeness (QED) is 0.799. The van der Waals surface area contributed by atoms with Crippen LogP contribution in [0.2, 0.25) is 0 Å². The van der Waals surface area contributed by atoms with Crippen molar-refractivity contribution in [2.45, 2.75) is 45.4 Å². The lowest BCUT2D eigenvalue weighted by Gasteiger charge is -2.11. The molecule has 0 amide bonds. The maximum absolute atomic E-state index is 5.84. The second-order valence-electron chi connectivity index (χ2n) is 5.91. The van der Waals surface area contributed by atoms with E-state index in [2.05, 4.69) is 24.0 Å². The first-order chi connectivity index (χ1) is 7.66. The number of fused-ring (bicyclic) bond motifs is 1. The van der Waals surface area contributed by atoms with E-state index in [-0.39, 0.29) is 0 Å². The Hall–Kier alpha value is -0.830.